The van der Waals surface area contributed by atoms with E-state index in [2.05, 4.69) is 19.9 Å². The monoisotopic (exact) mass is 580 g/mol. The van der Waals surface area contributed by atoms with Crippen molar-refractivity contribution in [3.8, 4) is 11.8 Å². The van der Waals surface area contributed by atoms with E-state index in [1.807, 2.05) is 60.7 Å². The number of primary amides is 2. The van der Waals surface area contributed by atoms with Crippen LogP contribution in [0.1, 0.15) is 58.8 Å². The van der Waals surface area contributed by atoms with Crippen molar-refractivity contribution in [1.82, 2.24) is 19.9 Å². The first-order chi connectivity index (χ1) is 20.9. The smallest absolute Gasteiger partial charge is 0.248 e. The molecule has 6 N–H and O–H groups in total. The molecule has 12 heteroatoms. The summed E-state index contributed by atoms with van der Waals surface area (Å²) in [6.07, 6.45) is 6.54. The fraction of sp³-hybridized carbons (Fsp3) is 0.258. The second-order valence-corrected chi connectivity index (χ2v) is 9.89. The maximum Gasteiger partial charge on any atom is 0.248 e. The standard InChI is InChI=1S/C22H20N4O2.C9H12N4O2/c23-21(27)20(18-14-24-17-12-7-13-28-22(17)25-18)26-19(15-8-3-1-4-9-15)16-10-5-2-6-11-16;10-7(8(11)14)6-4-12-5-2-1-3-15-9(5)13-6/h1-6,8-11,14,20H,7,12-13H2,(H2,23,27);4,7H,1-3,10H2,(H2,11,14). The third-order valence-electron chi connectivity index (χ3n) is 6.78. The van der Waals surface area contributed by atoms with Crippen LogP contribution in [0.15, 0.2) is 78.0 Å². The number of nitrogens with two attached hydrogens (primary N) is 3. The number of aryl methyl sites for hydroxylation is 2. The molecular weight excluding hydrogens is 548 g/mol. The van der Waals surface area contributed by atoms with Crippen LogP contribution in [0.2, 0.25) is 0 Å². The topological polar surface area (TPSA) is 195 Å². The lowest BCUT2D eigenvalue weighted by Gasteiger charge is -2.18. The summed E-state index contributed by atoms with van der Waals surface area (Å²) in [5, 5.41) is 0. The van der Waals surface area contributed by atoms with E-state index in [0.717, 1.165) is 48.2 Å². The number of carbonyl (C=O) groups excluding carboxylic acids is 2. The molecule has 0 saturated carbocycles. The van der Waals surface area contributed by atoms with Crippen LogP contribution in [0, 0.1) is 0 Å². The predicted molar refractivity (Wildman–Crippen MR) is 158 cm³/mol. The van der Waals surface area contributed by atoms with Crippen molar-refractivity contribution in [2.45, 2.75) is 37.8 Å². The Kier molecular flexibility index (Phi) is 9.27. The number of amides is 2. The highest BCUT2D eigenvalue weighted by atomic mass is 16.5. The van der Waals surface area contributed by atoms with Crippen LogP contribution in [-0.4, -0.2) is 50.7 Å². The molecule has 220 valence electrons. The van der Waals surface area contributed by atoms with E-state index >= 15 is 0 Å². The van der Waals surface area contributed by atoms with Gasteiger partial charge in [-0.15, -0.1) is 0 Å². The molecule has 2 aliphatic heterocycles. The number of rotatable bonds is 7. The summed E-state index contributed by atoms with van der Waals surface area (Å²) in [6.45, 7) is 1.21. The number of ether oxygens (including phenoxy) is 2. The average molecular weight is 581 g/mol. The van der Waals surface area contributed by atoms with E-state index in [1.54, 1.807) is 6.20 Å². The molecule has 43 heavy (non-hydrogen) atoms. The van der Waals surface area contributed by atoms with Gasteiger partial charge in [0, 0.05) is 11.1 Å². The van der Waals surface area contributed by atoms with Gasteiger partial charge in [-0.1, -0.05) is 60.7 Å². The molecule has 0 bridgehead atoms. The molecule has 0 fully saturated rings. The molecule has 4 aromatic rings. The van der Waals surface area contributed by atoms with Crippen molar-refractivity contribution in [2.75, 3.05) is 13.2 Å². The summed E-state index contributed by atoms with van der Waals surface area (Å²) in [5.74, 6) is -0.281. The summed E-state index contributed by atoms with van der Waals surface area (Å²) < 4.78 is 10.9. The molecule has 2 amide bonds. The van der Waals surface area contributed by atoms with Crippen molar-refractivity contribution in [3.63, 3.8) is 0 Å². The van der Waals surface area contributed by atoms with Gasteiger partial charge in [0.2, 0.25) is 23.6 Å². The van der Waals surface area contributed by atoms with Crippen LogP contribution in [0.5, 0.6) is 11.8 Å². The van der Waals surface area contributed by atoms with Gasteiger partial charge in [-0.3, -0.25) is 24.5 Å². The van der Waals surface area contributed by atoms with E-state index < -0.39 is 23.9 Å². The molecule has 0 aliphatic carbocycles. The van der Waals surface area contributed by atoms with Crippen LogP contribution in [0.3, 0.4) is 0 Å². The van der Waals surface area contributed by atoms with Gasteiger partial charge >= 0.3 is 0 Å². The minimum Gasteiger partial charge on any atom is -0.476 e. The molecule has 4 heterocycles. The second kappa shape index (κ2) is 13.6. The van der Waals surface area contributed by atoms with Gasteiger partial charge in [-0.2, -0.15) is 0 Å². The largest absolute Gasteiger partial charge is 0.476 e. The van der Waals surface area contributed by atoms with Gasteiger partial charge in [0.25, 0.3) is 0 Å². The first-order valence-corrected chi connectivity index (χ1v) is 13.9. The van der Waals surface area contributed by atoms with E-state index in [1.165, 1.54) is 6.20 Å². The Morgan fingerprint density at radius 1 is 0.721 bits per heavy atom. The summed E-state index contributed by atoms with van der Waals surface area (Å²) in [7, 11) is 0. The highest BCUT2D eigenvalue weighted by molar-refractivity contribution is 6.13. The predicted octanol–water partition coefficient (Wildman–Crippen LogP) is 2.15. The summed E-state index contributed by atoms with van der Waals surface area (Å²) in [4.78, 5) is 45.0. The van der Waals surface area contributed by atoms with E-state index in [9.17, 15) is 9.59 Å². The Morgan fingerprint density at radius 3 is 1.70 bits per heavy atom. The number of hydrogen-bond donors (Lipinski definition) is 3. The Labute approximate surface area is 248 Å². The Hall–Kier alpha value is -5.23. The number of nitrogens with zero attached hydrogens (tertiary/aromatic N) is 5. The number of hydrogen-bond acceptors (Lipinski definition) is 10. The Balaban J connectivity index is 0.000000207. The third kappa shape index (κ3) is 7.16. The van der Waals surface area contributed by atoms with Crippen molar-refractivity contribution in [3.05, 3.63) is 107 Å². The third-order valence-corrected chi connectivity index (χ3v) is 6.78. The van der Waals surface area contributed by atoms with Crippen LogP contribution in [0.25, 0.3) is 0 Å². The molecule has 2 unspecified atom stereocenters. The molecule has 0 radical (unpaired) electrons. The zero-order valence-corrected chi connectivity index (χ0v) is 23.4. The van der Waals surface area contributed by atoms with Gasteiger partial charge in [-0.25, -0.2) is 9.97 Å². The van der Waals surface area contributed by atoms with Crippen molar-refractivity contribution in [2.24, 2.45) is 22.2 Å². The molecular formula is C31H32N8O4. The van der Waals surface area contributed by atoms with Gasteiger partial charge in [0.05, 0.1) is 42.7 Å². The molecule has 6 rings (SSSR count). The number of aliphatic imine (C=N–C) groups is 1. The summed E-state index contributed by atoms with van der Waals surface area (Å²) in [6, 6.07) is 17.5. The van der Waals surface area contributed by atoms with E-state index in [-0.39, 0.29) is 0 Å². The quantitative estimate of drug-likeness (QED) is 0.274. The zero-order chi connectivity index (χ0) is 30.2. The van der Waals surface area contributed by atoms with Gasteiger partial charge in [0.1, 0.15) is 17.4 Å². The number of fused-ring (bicyclic) bond motifs is 2. The number of aromatic nitrogens is 4. The lowest BCUT2D eigenvalue weighted by Crippen LogP contribution is -2.29. The fourth-order valence-corrected chi connectivity index (χ4v) is 4.55. The van der Waals surface area contributed by atoms with Gasteiger partial charge < -0.3 is 26.7 Å². The first kappa shape index (κ1) is 29.3. The normalized spacial score (nSPS) is 14.6. The first-order valence-electron chi connectivity index (χ1n) is 13.9. The minimum absolute atomic E-state index is 0.350. The second-order valence-electron chi connectivity index (χ2n) is 9.89. The highest BCUT2D eigenvalue weighted by Gasteiger charge is 2.24. The SMILES string of the molecule is NC(=O)C(N)c1cnc2c(n1)OCCC2.NC(=O)C(N=C(c1ccccc1)c1ccccc1)c1cnc2c(n1)OCCC2. The summed E-state index contributed by atoms with van der Waals surface area (Å²) in [5.41, 5.74) is 21.1. The molecule has 2 atom stereocenters. The molecule has 0 spiro atoms. The van der Waals surface area contributed by atoms with Crippen molar-refractivity contribution in [1.29, 1.82) is 0 Å². The Bertz CT molecular complexity index is 1570. The van der Waals surface area contributed by atoms with Crippen LogP contribution < -0.4 is 26.7 Å². The number of carbonyl (C=O) groups is 2. The molecule has 0 saturated heterocycles. The minimum atomic E-state index is -0.960. The number of benzene rings is 2. The van der Waals surface area contributed by atoms with Gasteiger partial charge in [-0.05, 0) is 25.7 Å². The molecule has 2 aliphatic rings. The highest BCUT2D eigenvalue weighted by Crippen LogP contribution is 2.25. The van der Waals surface area contributed by atoms with Crippen LogP contribution in [-0.2, 0) is 22.4 Å². The Morgan fingerprint density at radius 2 is 1.21 bits per heavy atom. The van der Waals surface area contributed by atoms with Gasteiger partial charge in [0.15, 0.2) is 6.04 Å². The molecule has 2 aromatic heterocycles. The van der Waals surface area contributed by atoms with Crippen molar-refractivity contribution < 1.29 is 19.1 Å². The lowest BCUT2D eigenvalue weighted by molar-refractivity contribution is -0.120. The maximum atomic E-state index is 12.3. The van der Waals surface area contributed by atoms with Crippen LogP contribution in [0.4, 0.5) is 0 Å². The lowest BCUT2D eigenvalue weighted by atomic mass is 10.0. The van der Waals surface area contributed by atoms with E-state index in [4.69, 9.17) is 31.7 Å². The zero-order valence-electron chi connectivity index (χ0n) is 23.4. The maximum absolute atomic E-state index is 12.3. The van der Waals surface area contributed by atoms with Crippen molar-refractivity contribution >= 4 is 17.5 Å². The molecule has 12 nitrogen and oxygen atoms in total. The van der Waals surface area contributed by atoms with Crippen LogP contribution >= 0.6 is 0 Å². The summed E-state index contributed by atoms with van der Waals surface area (Å²) >= 11 is 0. The molecule has 2 aromatic carbocycles. The van der Waals surface area contributed by atoms with E-state index in [0.29, 0.717) is 42.1 Å². The average Bonchev–Trinajstić information content (AvgIpc) is 3.05. The fourth-order valence-electron chi connectivity index (χ4n) is 4.55.